The summed E-state index contributed by atoms with van der Waals surface area (Å²) in [5.41, 5.74) is 1.55. The zero-order chi connectivity index (χ0) is 13.2. The Hall–Kier alpha value is -0.370. The number of hydrogen-bond donors (Lipinski definition) is 0. The van der Waals surface area contributed by atoms with E-state index in [9.17, 15) is 0 Å². The first kappa shape index (κ1) is 14.0. The van der Waals surface area contributed by atoms with Gasteiger partial charge in [-0.3, -0.25) is 4.98 Å². The van der Waals surface area contributed by atoms with Crippen LogP contribution in [0.5, 0.6) is 0 Å². The molecule has 2 heteroatoms. The molecule has 1 nitrogen and oxygen atoms in total. The maximum Gasteiger partial charge on any atom is 0.0409 e. The molecular weight excluding hydrogens is 286 g/mol. The lowest BCUT2D eigenvalue weighted by Gasteiger charge is -2.42. The van der Waals surface area contributed by atoms with Gasteiger partial charge in [-0.25, -0.2) is 0 Å². The number of nitrogens with zero attached hydrogens (tertiary/aromatic N) is 1. The zero-order valence-corrected chi connectivity index (χ0v) is 13.3. The molecule has 1 aromatic rings. The molecule has 0 aliphatic heterocycles. The molecule has 1 fully saturated rings. The van der Waals surface area contributed by atoms with E-state index in [-0.39, 0.29) is 0 Å². The summed E-state index contributed by atoms with van der Waals surface area (Å²) in [4.78, 5) is 5.15. The minimum atomic E-state index is 0.322. The predicted molar refractivity (Wildman–Crippen MR) is 80.9 cm³/mol. The quantitative estimate of drug-likeness (QED) is 0.727. The van der Waals surface area contributed by atoms with Crippen LogP contribution in [0.4, 0.5) is 0 Å². The van der Waals surface area contributed by atoms with Gasteiger partial charge in [-0.1, -0.05) is 49.2 Å². The highest BCUT2D eigenvalue weighted by Crippen LogP contribution is 2.44. The van der Waals surface area contributed by atoms with Crippen LogP contribution < -0.4 is 0 Å². The van der Waals surface area contributed by atoms with Gasteiger partial charge in [0.25, 0.3) is 0 Å². The van der Waals surface area contributed by atoms with Crippen LogP contribution in [0, 0.1) is 17.3 Å². The van der Waals surface area contributed by atoms with Gasteiger partial charge in [-0.2, -0.15) is 0 Å². The minimum absolute atomic E-state index is 0.322. The van der Waals surface area contributed by atoms with Gasteiger partial charge >= 0.3 is 0 Å². The van der Waals surface area contributed by atoms with E-state index in [1.807, 2.05) is 12.3 Å². The van der Waals surface area contributed by atoms with Crippen LogP contribution >= 0.6 is 15.9 Å². The Kier molecular flexibility index (Phi) is 4.47. The second-order valence-electron chi connectivity index (χ2n) is 6.53. The average Bonchev–Trinajstić information content (AvgIpc) is 2.29. The maximum atomic E-state index is 4.48. The van der Waals surface area contributed by atoms with E-state index >= 15 is 0 Å². The molecule has 0 N–H and O–H groups in total. The Labute approximate surface area is 120 Å². The van der Waals surface area contributed by atoms with E-state index in [0.717, 1.165) is 18.3 Å². The van der Waals surface area contributed by atoms with Gasteiger partial charge in [-0.15, -0.1) is 0 Å². The van der Waals surface area contributed by atoms with Crippen LogP contribution in [0.25, 0.3) is 0 Å². The maximum absolute atomic E-state index is 4.48. The largest absolute Gasteiger partial charge is 0.261 e. The molecule has 1 heterocycles. The fourth-order valence-corrected chi connectivity index (χ4v) is 4.91. The van der Waals surface area contributed by atoms with Crippen molar-refractivity contribution in [2.24, 2.45) is 17.3 Å². The van der Waals surface area contributed by atoms with E-state index in [2.05, 4.69) is 53.8 Å². The Morgan fingerprint density at radius 1 is 1.33 bits per heavy atom. The molecular formula is C16H24BrN. The number of rotatable bonds is 3. The molecule has 0 amide bonds. The average molecular weight is 310 g/mol. The predicted octanol–water partition coefficient (Wildman–Crippen LogP) is 4.85. The summed E-state index contributed by atoms with van der Waals surface area (Å²) < 4.78 is 0. The number of alkyl halides is 1. The first-order valence-corrected chi connectivity index (χ1v) is 7.94. The van der Waals surface area contributed by atoms with Crippen LogP contribution in [-0.4, -0.2) is 9.81 Å². The summed E-state index contributed by atoms with van der Waals surface area (Å²) in [5.74, 6) is 1.63. The molecule has 1 aromatic heterocycles. The third-order valence-electron chi connectivity index (χ3n) is 4.40. The number of aromatic nitrogens is 1. The fourth-order valence-electron chi connectivity index (χ4n) is 3.29. The molecule has 0 radical (unpaired) electrons. The fraction of sp³-hybridized carbons (Fsp3) is 0.688. The van der Waals surface area contributed by atoms with Crippen LogP contribution in [0.2, 0.25) is 0 Å². The van der Waals surface area contributed by atoms with E-state index in [0.29, 0.717) is 10.2 Å². The summed E-state index contributed by atoms with van der Waals surface area (Å²) in [6, 6.07) is 6.23. The minimum Gasteiger partial charge on any atom is -0.261 e. The highest BCUT2D eigenvalue weighted by molar-refractivity contribution is 9.09. The smallest absolute Gasteiger partial charge is 0.0409 e. The lowest BCUT2D eigenvalue weighted by atomic mass is 9.67. The van der Waals surface area contributed by atoms with Crippen LogP contribution in [0.15, 0.2) is 24.4 Å². The topological polar surface area (TPSA) is 12.9 Å². The van der Waals surface area contributed by atoms with Crippen molar-refractivity contribution in [3.05, 3.63) is 30.1 Å². The van der Waals surface area contributed by atoms with Gasteiger partial charge in [0.05, 0.1) is 0 Å². The van der Waals surface area contributed by atoms with Crippen LogP contribution in [0.1, 0.15) is 45.7 Å². The van der Waals surface area contributed by atoms with Crippen molar-refractivity contribution in [3.63, 3.8) is 0 Å². The highest BCUT2D eigenvalue weighted by atomic mass is 79.9. The van der Waals surface area contributed by atoms with E-state index in [1.165, 1.54) is 25.0 Å². The van der Waals surface area contributed by atoms with Gasteiger partial charge in [0.1, 0.15) is 0 Å². The molecule has 3 unspecified atom stereocenters. The lowest BCUT2D eigenvalue weighted by molar-refractivity contribution is 0.146. The van der Waals surface area contributed by atoms with E-state index < -0.39 is 0 Å². The molecule has 2 rings (SSSR count). The molecule has 0 bridgehead atoms. The third-order valence-corrected chi connectivity index (χ3v) is 5.41. The van der Waals surface area contributed by atoms with E-state index in [1.54, 1.807) is 0 Å². The van der Waals surface area contributed by atoms with Gasteiger partial charge in [-0.05, 0) is 48.6 Å². The highest BCUT2D eigenvalue weighted by Gasteiger charge is 2.37. The molecule has 1 aliphatic carbocycles. The second kappa shape index (κ2) is 5.73. The molecule has 18 heavy (non-hydrogen) atoms. The van der Waals surface area contributed by atoms with Gasteiger partial charge in [0.2, 0.25) is 0 Å². The van der Waals surface area contributed by atoms with Gasteiger partial charge in [0.15, 0.2) is 0 Å². The summed E-state index contributed by atoms with van der Waals surface area (Å²) in [6.07, 6.45) is 7.01. The standard InChI is InChI=1S/C16H24BrN/c1-12-7-8-14(15(17)10-12)16(2,3)11-13-6-4-5-9-18-13/h4-6,9,12,14-15H,7-8,10-11H2,1-3H3. The van der Waals surface area contributed by atoms with Crippen molar-refractivity contribution in [3.8, 4) is 0 Å². The summed E-state index contributed by atoms with van der Waals surface area (Å²) in [5, 5.41) is 0. The number of hydrogen-bond acceptors (Lipinski definition) is 1. The van der Waals surface area contributed by atoms with Crippen molar-refractivity contribution in [2.75, 3.05) is 0 Å². The summed E-state index contributed by atoms with van der Waals surface area (Å²) >= 11 is 3.92. The molecule has 3 atom stereocenters. The van der Waals surface area contributed by atoms with Crippen LogP contribution in [0.3, 0.4) is 0 Å². The summed E-state index contributed by atoms with van der Waals surface area (Å²) in [7, 11) is 0. The molecule has 1 aliphatic rings. The Morgan fingerprint density at radius 2 is 2.11 bits per heavy atom. The third kappa shape index (κ3) is 3.34. The first-order chi connectivity index (χ1) is 8.49. The molecule has 100 valence electrons. The monoisotopic (exact) mass is 309 g/mol. The zero-order valence-electron chi connectivity index (χ0n) is 11.7. The number of pyridine rings is 1. The molecule has 0 spiro atoms. The van der Waals surface area contributed by atoms with Gasteiger partial charge in [0, 0.05) is 16.7 Å². The Balaban J connectivity index is 2.06. The first-order valence-electron chi connectivity index (χ1n) is 7.03. The normalized spacial score (nSPS) is 29.2. The lowest BCUT2D eigenvalue weighted by Crippen LogP contribution is -2.37. The Morgan fingerprint density at radius 3 is 2.72 bits per heavy atom. The van der Waals surface area contributed by atoms with Crippen molar-refractivity contribution >= 4 is 15.9 Å². The summed E-state index contributed by atoms with van der Waals surface area (Å²) in [6.45, 7) is 7.17. The second-order valence-corrected chi connectivity index (χ2v) is 7.70. The van der Waals surface area contributed by atoms with E-state index in [4.69, 9.17) is 0 Å². The molecule has 1 saturated carbocycles. The molecule has 0 aromatic carbocycles. The molecule has 0 saturated heterocycles. The van der Waals surface area contributed by atoms with Crippen molar-refractivity contribution in [1.29, 1.82) is 0 Å². The van der Waals surface area contributed by atoms with Gasteiger partial charge < -0.3 is 0 Å². The SMILES string of the molecule is CC1CCC(C(C)(C)Cc2ccccn2)C(Br)C1. The van der Waals surface area contributed by atoms with Crippen LogP contribution in [-0.2, 0) is 6.42 Å². The Bertz CT molecular complexity index is 374. The van der Waals surface area contributed by atoms with Crippen molar-refractivity contribution < 1.29 is 0 Å². The van der Waals surface area contributed by atoms with Crippen molar-refractivity contribution in [2.45, 2.75) is 51.3 Å². The number of halogens is 1. The van der Waals surface area contributed by atoms with Crippen molar-refractivity contribution in [1.82, 2.24) is 4.98 Å².